The first-order valence-corrected chi connectivity index (χ1v) is 11.4. The number of carbonyl (C=O) groups excluding carboxylic acids is 1. The van der Waals surface area contributed by atoms with Crippen molar-refractivity contribution in [1.29, 1.82) is 0 Å². The normalized spacial score (nSPS) is 11.0. The highest BCUT2D eigenvalue weighted by atomic mass is 16.4. The van der Waals surface area contributed by atoms with Crippen LogP contribution < -0.4 is 10.6 Å². The SMILES string of the molecule is O=C(Nc1ccc(N=Nc2ccc(O)c(C(=O)O)c2)cc1)Nc1ccc(N=Nc2ccc(O)c(C(=O)O)c2)cc1. The number of azo groups is 2. The molecule has 4 rings (SSSR count). The van der Waals surface area contributed by atoms with E-state index >= 15 is 0 Å². The van der Waals surface area contributed by atoms with Crippen molar-refractivity contribution in [3.63, 3.8) is 0 Å². The number of aromatic carboxylic acids is 2. The van der Waals surface area contributed by atoms with Crippen LogP contribution >= 0.6 is 0 Å². The van der Waals surface area contributed by atoms with Crippen LogP contribution in [0.2, 0.25) is 0 Å². The van der Waals surface area contributed by atoms with Crippen molar-refractivity contribution in [1.82, 2.24) is 0 Å². The average Bonchev–Trinajstić information content (AvgIpc) is 2.93. The number of amides is 2. The molecular formula is C27H20N6O7. The van der Waals surface area contributed by atoms with Crippen LogP contribution in [0.1, 0.15) is 20.7 Å². The predicted octanol–water partition coefficient (Wildman–Crippen LogP) is 6.97. The molecule has 4 aromatic carbocycles. The topological polar surface area (TPSA) is 206 Å². The number of carbonyl (C=O) groups is 3. The van der Waals surface area contributed by atoms with E-state index in [2.05, 4.69) is 31.1 Å². The maximum Gasteiger partial charge on any atom is 0.339 e. The number of nitrogens with one attached hydrogen (secondary N) is 2. The summed E-state index contributed by atoms with van der Waals surface area (Å²) in [5, 5.41) is 58.6. The Hall–Kier alpha value is -6.11. The summed E-state index contributed by atoms with van der Waals surface area (Å²) in [7, 11) is 0. The molecule has 0 spiro atoms. The van der Waals surface area contributed by atoms with Gasteiger partial charge in [0.05, 0.1) is 22.7 Å². The summed E-state index contributed by atoms with van der Waals surface area (Å²) >= 11 is 0. The summed E-state index contributed by atoms with van der Waals surface area (Å²) < 4.78 is 0. The summed E-state index contributed by atoms with van der Waals surface area (Å²) in [5.74, 6) is -3.31. The first-order valence-electron chi connectivity index (χ1n) is 11.4. The molecule has 0 heterocycles. The van der Waals surface area contributed by atoms with E-state index in [0.717, 1.165) is 0 Å². The van der Waals surface area contributed by atoms with Crippen molar-refractivity contribution in [3.8, 4) is 11.5 Å². The van der Waals surface area contributed by atoms with Gasteiger partial charge in [-0.15, -0.1) is 0 Å². The maximum atomic E-state index is 12.4. The molecule has 0 aromatic heterocycles. The van der Waals surface area contributed by atoms with E-state index in [0.29, 0.717) is 22.7 Å². The molecule has 0 radical (unpaired) electrons. The molecule has 0 saturated carbocycles. The van der Waals surface area contributed by atoms with Gasteiger partial charge in [-0.1, -0.05) is 0 Å². The zero-order valence-corrected chi connectivity index (χ0v) is 20.4. The van der Waals surface area contributed by atoms with Crippen LogP contribution in [-0.2, 0) is 0 Å². The van der Waals surface area contributed by atoms with E-state index in [-0.39, 0.29) is 34.0 Å². The quantitative estimate of drug-likeness (QED) is 0.129. The fraction of sp³-hybridized carbons (Fsp3) is 0. The van der Waals surface area contributed by atoms with Gasteiger partial charge in [0.15, 0.2) is 0 Å². The second-order valence-electron chi connectivity index (χ2n) is 8.09. The third kappa shape index (κ3) is 7.01. The number of carboxylic acid groups (broad SMARTS) is 2. The van der Waals surface area contributed by atoms with Crippen molar-refractivity contribution in [3.05, 3.63) is 96.1 Å². The molecule has 0 bridgehead atoms. The van der Waals surface area contributed by atoms with E-state index in [9.17, 15) is 24.6 Å². The Morgan fingerprint density at radius 2 is 0.825 bits per heavy atom. The van der Waals surface area contributed by atoms with Gasteiger partial charge in [-0.3, -0.25) is 0 Å². The van der Waals surface area contributed by atoms with Crippen molar-refractivity contribution in [2.75, 3.05) is 10.6 Å². The molecule has 0 saturated heterocycles. The van der Waals surface area contributed by atoms with E-state index in [1.165, 1.54) is 36.4 Å². The van der Waals surface area contributed by atoms with Gasteiger partial charge in [-0.05, 0) is 84.9 Å². The number of rotatable bonds is 8. The molecule has 13 heteroatoms. The van der Waals surface area contributed by atoms with Crippen LogP contribution in [-0.4, -0.2) is 38.4 Å². The van der Waals surface area contributed by atoms with Crippen LogP contribution in [0.4, 0.5) is 38.9 Å². The first-order chi connectivity index (χ1) is 19.2. The van der Waals surface area contributed by atoms with Crippen molar-refractivity contribution in [2.24, 2.45) is 20.5 Å². The van der Waals surface area contributed by atoms with Gasteiger partial charge < -0.3 is 31.1 Å². The molecule has 0 aliphatic carbocycles. The van der Waals surface area contributed by atoms with Crippen LogP contribution in [0.25, 0.3) is 0 Å². The fourth-order valence-electron chi connectivity index (χ4n) is 3.26. The van der Waals surface area contributed by atoms with Gasteiger partial charge in [0.2, 0.25) is 0 Å². The molecular weight excluding hydrogens is 520 g/mol. The van der Waals surface area contributed by atoms with E-state index < -0.39 is 18.0 Å². The molecule has 0 atom stereocenters. The minimum atomic E-state index is -1.28. The minimum absolute atomic E-state index is 0.247. The van der Waals surface area contributed by atoms with Crippen LogP contribution in [0.3, 0.4) is 0 Å². The van der Waals surface area contributed by atoms with Gasteiger partial charge in [-0.2, -0.15) is 20.5 Å². The van der Waals surface area contributed by atoms with Gasteiger partial charge in [0.1, 0.15) is 22.6 Å². The van der Waals surface area contributed by atoms with Gasteiger partial charge >= 0.3 is 18.0 Å². The van der Waals surface area contributed by atoms with Crippen LogP contribution in [0.15, 0.2) is 105 Å². The molecule has 6 N–H and O–H groups in total. The molecule has 0 fully saturated rings. The number of carboxylic acids is 2. The second kappa shape index (κ2) is 12.0. The number of hydrogen-bond donors (Lipinski definition) is 6. The highest BCUT2D eigenvalue weighted by molar-refractivity contribution is 6.00. The largest absolute Gasteiger partial charge is 0.507 e. The molecule has 0 aliphatic heterocycles. The lowest BCUT2D eigenvalue weighted by Crippen LogP contribution is -2.19. The summed E-state index contributed by atoms with van der Waals surface area (Å²) in [4.78, 5) is 34.6. The number of nitrogens with zero attached hydrogens (tertiary/aromatic N) is 4. The number of anilines is 2. The Balaban J connectivity index is 1.31. The number of aromatic hydroxyl groups is 2. The second-order valence-corrected chi connectivity index (χ2v) is 8.09. The van der Waals surface area contributed by atoms with E-state index in [4.69, 9.17) is 10.2 Å². The Labute approximate surface area is 225 Å². The summed E-state index contributed by atoms with van der Waals surface area (Å²) in [6.45, 7) is 0. The monoisotopic (exact) mass is 540 g/mol. The van der Waals surface area contributed by atoms with Crippen molar-refractivity contribution in [2.45, 2.75) is 0 Å². The third-order valence-electron chi connectivity index (χ3n) is 5.23. The Bertz CT molecular complexity index is 1510. The van der Waals surface area contributed by atoms with Crippen LogP contribution in [0, 0.1) is 0 Å². The van der Waals surface area contributed by atoms with E-state index in [1.807, 2.05) is 0 Å². The Morgan fingerprint density at radius 3 is 1.18 bits per heavy atom. The molecule has 0 aliphatic rings. The number of benzene rings is 4. The molecule has 40 heavy (non-hydrogen) atoms. The zero-order valence-electron chi connectivity index (χ0n) is 20.4. The lowest BCUT2D eigenvalue weighted by atomic mass is 10.2. The van der Waals surface area contributed by atoms with Gasteiger partial charge in [0.25, 0.3) is 0 Å². The standard InChI is InChI=1S/C27H20N6O7/c34-23-11-9-19(13-21(23)25(36)37)32-30-17-5-1-15(2-6-17)28-27(40)29-16-3-7-18(8-4-16)31-33-20-10-12-24(35)22(14-20)26(38)39/h1-14,34-35H,(H,36,37)(H,38,39)(H2,28,29,40). The first kappa shape index (κ1) is 26.9. The summed E-state index contributed by atoms with van der Waals surface area (Å²) in [6.07, 6.45) is 0. The van der Waals surface area contributed by atoms with Gasteiger partial charge in [0, 0.05) is 11.4 Å². The predicted molar refractivity (Wildman–Crippen MR) is 144 cm³/mol. The van der Waals surface area contributed by atoms with Crippen molar-refractivity contribution < 1.29 is 34.8 Å². The lowest BCUT2D eigenvalue weighted by Gasteiger charge is -2.08. The number of hydrogen-bond acceptors (Lipinski definition) is 9. The Kier molecular flexibility index (Phi) is 8.05. The van der Waals surface area contributed by atoms with Crippen molar-refractivity contribution >= 4 is 52.1 Å². The summed E-state index contributed by atoms with van der Waals surface area (Å²) in [6, 6.07) is 20.0. The number of urea groups is 1. The average molecular weight is 540 g/mol. The molecule has 13 nitrogen and oxygen atoms in total. The molecule has 4 aromatic rings. The summed E-state index contributed by atoms with van der Waals surface area (Å²) in [5.41, 5.74) is 1.79. The highest BCUT2D eigenvalue weighted by Gasteiger charge is 2.11. The zero-order chi connectivity index (χ0) is 28.6. The molecule has 200 valence electrons. The fourth-order valence-corrected chi connectivity index (χ4v) is 3.26. The van der Waals surface area contributed by atoms with Crippen LogP contribution in [0.5, 0.6) is 11.5 Å². The third-order valence-corrected chi connectivity index (χ3v) is 5.23. The van der Waals surface area contributed by atoms with E-state index in [1.54, 1.807) is 48.5 Å². The maximum absolute atomic E-state index is 12.4. The Morgan fingerprint density at radius 1 is 0.500 bits per heavy atom. The minimum Gasteiger partial charge on any atom is -0.507 e. The lowest BCUT2D eigenvalue weighted by molar-refractivity contribution is 0.0682. The highest BCUT2D eigenvalue weighted by Crippen LogP contribution is 2.27. The molecule has 0 unspecified atom stereocenters. The smallest absolute Gasteiger partial charge is 0.339 e. The number of phenols is 2. The molecule has 2 amide bonds. The van der Waals surface area contributed by atoms with Gasteiger partial charge in [-0.25, -0.2) is 14.4 Å².